The van der Waals surface area contributed by atoms with Crippen LogP contribution in [-0.2, 0) is 16.0 Å². The van der Waals surface area contributed by atoms with Gasteiger partial charge in [-0.05, 0) is 47.6 Å². The Balaban J connectivity index is 1.67. The molecule has 0 aromatic heterocycles. The van der Waals surface area contributed by atoms with Crippen molar-refractivity contribution in [3.8, 4) is 0 Å². The Bertz CT molecular complexity index is 912. The lowest BCUT2D eigenvalue weighted by Crippen LogP contribution is -2.38. The maximum atomic E-state index is 13.1. The monoisotopic (exact) mass is 379 g/mol. The molecule has 138 valence electrons. The molecule has 1 aliphatic heterocycles. The lowest BCUT2D eigenvalue weighted by Gasteiger charge is -2.34. The van der Waals surface area contributed by atoms with E-state index in [1.165, 1.54) is 5.56 Å². The van der Waals surface area contributed by atoms with Crippen molar-refractivity contribution in [1.82, 2.24) is 5.32 Å². The molecule has 2 aromatic rings. The van der Waals surface area contributed by atoms with Crippen LogP contribution >= 0.6 is 11.6 Å². The van der Waals surface area contributed by atoms with Crippen molar-refractivity contribution < 1.29 is 9.59 Å². The van der Waals surface area contributed by atoms with E-state index in [1.807, 2.05) is 24.3 Å². The van der Waals surface area contributed by atoms with Gasteiger partial charge in [0.05, 0.1) is 0 Å². The molecule has 0 spiro atoms. The van der Waals surface area contributed by atoms with Gasteiger partial charge in [-0.15, -0.1) is 0 Å². The summed E-state index contributed by atoms with van der Waals surface area (Å²) in [4.78, 5) is 25.4. The molecular formula is C23H22ClNO2. The van der Waals surface area contributed by atoms with Crippen LogP contribution in [0, 0.1) is 0 Å². The highest BCUT2D eigenvalue weighted by Gasteiger charge is 2.38. The van der Waals surface area contributed by atoms with Crippen LogP contribution < -0.4 is 5.32 Å². The van der Waals surface area contributed by atoms with E-state index >= 15 is 0 Å². The minimum Gasteiger partial charge on any atom is -0.329 e. The number of amides is 1. The number of allylic oxidation sites excluding steroid dienone is 2. The number of ketones is 1. The van der Waals surface area contributed by atoms with E-state index < -0.39 is 0 Å². The highest BCUT2D eigenvalue weighted by Crippen LogP contribution is 2.42. The van der Waals surface area contributed by atoms with Crippen molar-refractivity contribution >= 4 is 23.3 Å². The predicted molar refractivity (Wildman–Crippen MR) is 107 cm³/mol. The van der Waals surface area contributed by atoms with Crippen LogP contribution in [0.2, 0.25) is 5.02 Å². The SMILES string of the molecule is CCc1ccc(C2CC(=O)C3=C(C2)NC(=O)CC3c2ccc(Cl)cc2)cc1. The first kappa shape index (κ1) is 18.0. The molecule has 4 rings (SSSR count). The molecule has 27 heavy (non-hydrogen) atoms. The molecule has 1 aliphatic carbocycles. The largest absolute Gasteiger partial charge is 0.329 e. The summed E-state index contributed by atoms with van der Waals surface area (Å²) in [6.45, 7) is 2.13. The second-order valence-electron chi connectivity index (χ2n) is 7.37. The summed E-state index contributed by atoms with van der Waals surface area (Å²) in [6, 6.07) is 15.9. The maximum absolute atomic E-state index is 13.1. The van der Waals surface area contributed by atoms with E-state index in [0.717, 1.165) is 28.8 Å². The van der Waals surface area contributed by atoms with Gasteiger partial charge in [0.1, 0.15) is 0 Å². The highest BCUT2D eigenvalue weighted by atomic mass is 35.5. The summed E-state index contributed by atoms with van der Waals surface area (Å²) < 4.78 is 0. The third kappa shape index (κ3) is 3.57. The second kappa shape index (κ2) is 7.32. The molecule has 4 heteroatoms. The van der Waals surface area contributed by atoms with Gasteiger partial charge in [-0.3, -0.25) is 9.59 Å². The number of carbonyl (C=O) groups excluding carboxylic acids is 2. The van der Waals surface area contributed by atoms with E-state index in [-0.39, 0.29) is 23.5 Å². The second-order valence-corrected chi connectivity index (χ2v) is 7.81. The van der Waals surface area contributed by atoms with Gasteiger partial charge in [0, 0.05) is 35.1 Å². The fourth-order valence-corrected chi connectivity index (χ4v) is 4.33. The van der Waals surface area contributed by atoms with Crippen molar-refractivity contribution in [1.29, 1.82) is 0 Å². The van der Waals surface area contributed by atoms with Gasteiger partial charge < -0.3 is 5.32 Å². The van der Waals surface area contributed by atoms with Crippen LogP contribution in [0.4, 0.5) is 0 Å². The van der Waals surface area contributed by atoms with Gasteiger partial charge in [-0.1, -0.05) is 54.9 Å². The standard InChI is InChI=1S/C23H22ClNO2/c1-2-14-3-5-15(6-4-14)17-11-20-23(21(26)12-17)19(13-22(27)25-20)16-7-9-18(24)10-8-16/h3-10,17,19H,2,11-13H2,1H3,(H,25,27). The lowest BCUT2D eigenvalue weighted by atomic mass is 9.73. The number of hydrogen-bond acceptors (Lipinski definition) is 2. The molecule has 0 fully saturated rings. The lowest BCUT2D eigenvalue weighted by molar-refractivity contribution is -0.122. The van der Waals surface area contributed by atoms with Crippen molar-refractivity contribution in [3.05, 3.63) is 81.5 Å². The van der Waals surface area contributed by atoms with E-state index in [1.54, 1.807) is 0 Å². The molecule has 0 bridgehead atoms. The molecule has 2 atom stereocenters. The number of halogens is 1. The number of hydrogen-bond donors (Lipinski definition) is 1. The first-order valence-corrected chi connectivity index (χ1v) is 9.83. The van der Waals surface area contributed by atoms with E-state index in [9.17, 15) is 9.59 Å². The van der Waals surface area contributed by atoms with Gasteiger partial charge in [0.25, 0.3) is 0 Å². The van der Waals surface area contributed by atoms with Gasteiger partial charge >= 0.3 is 0 Å². The summed E-state index contributed by atoms with van der Waals surface area (Å²) in [5.74, 6) is 0.0533. The molecule has 1 heterocycles. The van der Waals surface area contributed by atoms with E-state index in [2.05, 4.69) is 36.5 Å². The Labute approximate surface area is 164 Å². The average Bonchev–Trinajstić information content (AvgIpc) is 2.67. The zero-order valence-electron chi connectivity index (χ0n) is 15.3. The number of benzene rings is 2. The number of carbonyl (C=O) groups is 2. The van der Waals surface area contributed by atoms with Gasteiger partial charge in [-0.2, -0.15) is 0 Å². The Morgan fingerprint density at radius 1 is 0.926 bits per heavy atom. The summed E-state index contributed by atoms with van der Waals surface area (Å²) >= 11 is 6.00. The first-order chi connectivity index (χ1) is 13.0. The fourth-order valence-electron chi connectivity index (χ4n) is 4.20. The van der Waals surface area contributed by atoms with Gasteiger partial charge in [0.2, 0.25) is 5.91 Å². The van der Waals surface area contributed by atoms with E-state index in [4.69, 9.17) is 11.6 Å². The van der Waals surface area contributed by atoms with E-state index in [0.29, 0.717) is 24.3 Å². The molecule has 2 aromatic carbocycles. The summed E-state index contributed by atoms with van der Waals surface area (Å²) in [7, 11) is 0. The summed E-state index contributed by atoms with van der Waals surface area (Å²) in [5, 5.41) is 3.63. The van der Waals surface area contributed by atoms with Crippen molar-refractivity contribution in [2.75, 3.05) is 0 Å². The zero-order chi connectivity index (χ0) is 19.0. The zero-order valence-corrected chi connectivity index (χ0v) is 16.1. The Morgan fingerprint density at radius 3 is 2.26 bits per heavy atom. The Morgan fingerprint density at radius 2 is 1.59 bits per heavy atom. The minimum atomic E-state index is -0.179. The third-order valence-electron chi connectivity index (χ3n) is 5.67. The fraction of sp³-hybridized carbons (Fsp3) is 0.304. The number of aryl methyl sites for hydroxylation is 1. The normalized spacial score (nSPS) is 22.4. The smallest absolute Gasteiger partial charge is 0.225 e. The highest BCUT2D eigenvalue weighted by molar-refractivity contribution is 6.30. The third-order valence-corrected chi connectivity index (χ3v) is 5.92. The molecule has 1 amide bonds. The first-order valence-electron chi connectivity index (χ1n) is 9.45. The maximum Gasteiger partial charge on any atom is 0.225 e. The van der Waals surface area contributed by atoms with Crippen LogP contribution in [0.3, 0.4) is 0 Å². The molecule has 1 N–H and O–H groups in total. The molecule has 3 nitrogen and oxygen atoms in total. The Kier molecular flexibility index (Phi) is 4.88. The summed E-state index contributed by atoms with van der Waals surface area (Å²) in [6.07, 6.45) is 2.49. The molecule has 2 unspecified atom stereocenters. The number of rotatable bonds is 3. The molecule has 0 saturated heterocycles. The van der Waals surface area contributed by atoms with Crippen LogP contribution in [0.1, 0.15) is 54.7 Å². The number of Topliss-reactive ketones (excluding diaryl/α,β-unsaturated/α-hetero) is 1. The minimum absolute atomic E-state index is 0.0246. The van der Waals surface area contributed by atoms with Crippen molar-refractivity contribution in [2.24, 2.45) is 0 Å². The topological polar surface area (TPSA) is 46.2 Å². The van der Waals surface area contributed by atoms with Crippen LogP contribution in [0.15, 0.2) is 59.8 Å². The van der Waals surface area contributed by atoms with Crippen molar-refractivity contribution in [3.63, 3.8) is 0 Å². The van der Waals surface area contributed by atoms with Crippen LogP contribution in [0.25, 0.3) is 0 Å². The quantitative estimate of drug-likeness (QED) is 0.823. The predicted octanol–water partition coefficient (Wildman–Crippen LogP) is 4.91. The van der Waals surface area contributed by atoms with Gasteiger partial charge in [0.15, 0.2) is 5.78 Å². The number of nitrogens with one attached hydrogen (secondary N) is 1. The molecule has 0 radical (unpaired) electrons. The molecule has 0 saturated carbocycles. The van der Waals surface area contributed by atoms with Crippen LogP contribution in [0.5, 0.6) is 0 Å². The average molecular weight is 380 g/mol. The van der Waals surface area contributed by atoms with Crippen molar-refractivity contribution in [2.45, 2.75) is 44.4 Å². The molecular weight excluding hydrogens is 358 g/mol. The Hall–Kier alpha value is -2.39. The van der Waals surface area contributed by atoms with Gasteiger partial charge in [-0.25, -0.2) is 0 Å². The molecule has 2 aliphatic rings. The van der Waals surface area contributed by atoms with Crippen LogP contribution in [-0.4, -0.2) is 11.7 Å². The summed E-state index contributed by atoms with van der Waals surface area (Å²) in [5.41, 5.74) is 5.00.